The molecule has 0 spiro atoms. The number of amides is 1. The molecule has 0 fully saturated rings. The molecule has 2 rings (SSSR count). The molecule has 1 atom stereocenters. The van der Waals surface area contributed by atoms with Gasteiger partial charge in [-0.2, -0.15) is 0 Å². The van der Waals surface area contributed by atoms with Gasteiger partial charge in [-0.15, -0.1) is 22.7 Å². The van der Waals surface area contributed by atoms with E-state index < -0.39 is 20.5 Å². The molecule has 0 saturated heterocycles. The topological polar surface area (TPSA) is 83.5 Å². The van der Waals surface area contributed by atoms with Gasteiger partial charge in [0.05, 0.1) is 0 Å². The lowest BCUT2D eigenvalue weighted by atomic mass is 10.0. The fourth-order valence-corrected chi connectivity index (χ4v) is 5.64. The summed E-state index contributed by atoms with van der Waals surface area (Å²) >= 11 is 3.58. The first-order chi connectivity index (χ1) is 12.2. The van der Waals surface area contributed by atoms with Crippen molar-refractivity contribution in [2.24, 2.45) is 0 Å². The molecule has 1 amide bonds. The zero-order chi connectivity index (χ0) is 19.4. The zero-order valence-corrected chi connectivity index (χ0v) is 17.7. The van der Waals surface area contributed by atoms with E-state index in [1.807, 2.05) is 0 Å². The summed E-state index contributed by atoms with van der Waals surface area (Å²) in [6.07, 6.45) is 4.54. The van der Waals surface area contributed by atoms with Gasteiger partial charge in [0.2, 0.25) is 0 Å². The monoisotopic (exact) mass is 415 g/mol. The number of hydrogen-bond acceptors (Lipinski definition) is 6. The van der Waals surface area contributed by atoms with Crippen molar-refractivity contribution in [2.45, 2.75) is 50.7 Å². The number of carbonyl (C=O) groups excluding carboxylic acids is 1. The maximum absolute atomic E-state index is 11.9. The van der Waals surface area contributed by atoms with Crippen LogP contribution in [0.5, 0.6) is 0 Å². The second-order valence-corrected chi connectivity index (χ2v) is 11.6. The van der Waals surface area contributed by atoms with E-state index in [0.717, 1.165) is 25.5 Å². The van der Waals surface area contributed by atoms with Crippen molar-refractivity contribution >= 4 is 38.4 Å². The quantitative estimate of drug-likeness (QED) is 0.365. The molecule has 2 aromatic heterocycles. The third kappa shape index (κ3) is 4.94. The van der Waals surface area contributed by atoms with Crippen LogP contribution in [0.25, 0.3) is 9.75 Å². The lowest BCUT2D eigenvalue weighted by Gasteiger charge is -2.24. The molecule has 0 aliphatic carbocycles. The van der Waals surface area contributed by atoms with Crippen molar-refractivity contribution in [1.29, 1.82) is 0 Å². The summed E-state index contributed by atoms with van der Waals surface area (Å²) in [6, 6.07) is 8.57. The van der Waals surface area contributed by atoms with Gasteiger partial charge in [0.1, 0.15) is 4.75 Å². The number of thiophene rings is 2. The minimum absolute atomic E-state index is 0.197. The Kier molecular flexibility index (Phi) is 7.01. The van der Waals surface area contributed by atoms with Gasteiger partial charge in [-0.25, -0.2) is 13.9 Å². The standard InChI is InChI=1S/C18H25NO4S3/c1-13-8-10-15(24-13)16-11-9-14(25-16)7-5-4-6-12-18(2,17(20)19-21)26(3,22)23/h8-11,21H,4-7,12H2,1-3H3,(H,19,20). The second kappa shape index (κ2) is 8.65. The molecule has 2 aromatic rings. The molecule has 0 aliphatic rings. The molecule has 5 nitrogen and oxygen atoms in total. The number of unbranched alkanes of at least 4 members (excludes halogenated alkanes) is 2. The van der Waals surface area contributed by atoms with Crippen LogP contribution in [0.3, 0.4) is 0 Å². The molecule has 0 aliphatic heterocycles. The summed E-state index contributed by atoms with van der Waals surface area (Å²) < 4.78 is 22.2. The van der Waals surface area contributed by atoms with Crippen molar-refractivity contribution in [2.75, 3.05) is 6.26 Å². The number of aryl methyl sites for hydroxylation is 2. The van der Waals surface area contributed by atoms with Gasteiger partial charge in [0, 0.05) is 25.8 Å². The van der Waals surface area contributed by atoms with Crippen molar-refractivity contribution in [3.05, 3.63) is 34.0 Å². The van der Waals surface area contributed by atoms with Crippen molar-refractivity contribution in [1.82, 2.24) is 5.48 Å². The SMILES string of the molecule is Cc1ccc(-c2ccc(CCCCCC(C)(C(=O)NO)S(C)(=O)=O)s2)s1. The number of hydroxylamine groups is 1. The summed E-state index contributed by atoms with van der Waals surface area (Å²) in [5, 5.41) is 8.82. The summed E-state index contributed by atoms with van der Waals surface area (Å²) in [5.41, 5.74) is 1.48. The highest BCUT2D eigenvalue weighted by Gasteiger charge is 2.42. The Balaban J connectivity index is 1.83. The smallest absolute Gasteiger partial charge is 0.264 e. The van der Waals surface area contributed by atoms with Crippen LogP contribution in [-0.4, -0.2) is 30.5 Å². The number of carbonyl (C=O) groups is 1. The number of rotatable bonds is 9. The summed E-state index contributed by atoms with van der Waals surface area (Å²) in [4.78, 5) is 16.9. The van der Waals surface area contributed by atoms with E-state index in [1.165, 1.54) is 31.9 Å². The molecular weight excluding hydrogens is 390 g/mol. The Morgan fingerprint density at radius 3 is 2.35 bits per heavy atom. The highest BCUT2D eigenvalue weighted by atomic mass is 32.2. The maximum atomic E-state index is 11.9. The zero-order valence-electron chi connectivity index (χ0n) is 15.2. The van der Waals surface area contributed by atoms with Gasteiger partial charge in [0.25, 0.3) is 5.91 Å². The number of hydrogen-bond donors (Lipinski definition) is 2. The lowest BCUT2D eigenvalue weighted by Crippen LogP contribution is -2.49. The first-order valence-corrected chi connectivity index (χ1v) is 12.0. The molecule has 2 heterocycles. The lowest BCUT2D eigenvalue weighted by molar-refractivity contribution is -0.131. The Hall–Kier alpha value is -1.22. The van der Waals surface area contributed by atoms with Gasteiger partial charge < -0.3 is 0 Å². The highest BCUT2D eigenvalue weighted by Crippen LogP contribution is 2.34. The van der Waals surface area contributed by atoms with E-state index in [2.05, 4.69) is 31.2 Å². The van der Waals surface area contributed by atoms with Gasteiger partial charge in [-0.3, -0.25) is 10.0 Å². The van der Waals surface area contributed by atoms with E-state index >= 15 is 0 Å². The predicted octanol–water partition coefficient (Wildman–Crippen LogP) is 4.20. The molecule has 2 N–H and O–H groups in total. The van der Waals surface area contributed by atoms with Crippen LogP contribution in [0.2, 0.25) is 0 Å². The second-order valence-electron chi connectivity index (χ2n) is 6.68. The van der Waals surface area contributed by atoms with Gasteiger partial charge in [-0.05, 0) is 57.4 Å². The van der Waals surface area contributed by atoms with Gasteiger partial charge >= 0.3 is 0 Å². The molecule has 8 heteroatoms. The Morgan fingerprint density at radius 1 is 1.12 bits per heavy atom. The van der Waals surface area contributed by atoms with E-state index in [9.17, 15) is 13.2 Å². The van der Waals surface area contributed by atoms with Crippen LogP contribution in [-0.2, 0) is 21.1 Å². The molecule has 144 valence electrons. The van der Waals surface area contributed by atoms with Crippen LogP contribution in [0.15, 0.2) is 24.3 Å². The van der Waals surface area contributed by atoms with Crippen LogP contribution in [0, 0.1) is 6.92 Å². The van der Waals surface area contributed by atoms with Crippen molar-refractivity contribution in [3.63, 3.8) is 0 Å². The summed E-state index contributed by atoms with van der Waals surface area (Å²) in [6.45, 7) is 3.46. The van der Waals surface area contributed by atoms with Gasteiger partial charge in [-0.1, -0.05) is 12.8 Å². The fourth-order valence-electron chi connectivity index (χ4n) is 2.74. The molecule has 0 radical (unpaired) electrons. The minimum atomic E-state index is -3.61. The molecular formula is C18H25NO4S3. The Bertz CT molecular complexity index is 853. The van der Waals surface area contributed by atoms with E-state index in [4.69, 9.17) is 5.21 Å². The third-order valence-electron chi connectivity index (χ3n) is 4.62. The minimum Gasteiger partial charge on any atom is -0.289 e. The fraction of sp³-hybridized carbons (Fsp3) is 0.500. The van der Waals surface area contributed by atoms with Crippen LogP contribution in [0.1, 0.15) is 42.4 Å². The van der Waals surface area contributed by atoms with E-state index in [0.29, 0.717) is 6.42 Å². The number of sulfone groups is 1. The molecule has 1 unspecified atom stereocenters. The third-order valence-corrected chi connectivity index (χ3v) is 8.99. The maximum Gasteiger partial charge on any atom is 0.264 e. The average Bonchev–Trinajstić information content (AvgIpc) is 3.21. The molecule has 26 heavy (non-hydrogen) atoms. The summed E-state index contributed by atoms with van der Waals surface area (Å²) in [5.74, 6) is -0.867. The van der Waals surface area contributed by atoms with E-state index in [-0.39, 0.29) is 6.42 Å². The largest absolute Gasteiger partial charge is 0.289 e. The van der Waals surface area contributed by atoms with E-state index in [1.54, 1.807) is 22.7 Å². The van der Waals surface area contributed by atoms with Crippen LogP contribution in [0.4, 0.5) is 0 Å². The highest BCUT2D eigenvalue weighted by molar-refractivity contribution is 7.92. The van der Waals surface area contributed by atoms with Crippen LogP contribution < -0.4 is 5.48 Å². The molecule has 0 aromatic carbocycles. The predicted molar refractivity (Wildman–Crippen MR) is 108 cm³/mol. The first kappa shape index (κ1) is 21.1. The number of nitrogens with one attached hydrogen (secondary N) is 1. The van der Waals surface area contributed by atoms with Crippen molar-refractivity contribution in [3.8, 4) is 9.75 Å². The Morgan fingerprint density at radius 2 is 1.77 bits per heavy atom. The van der Waals surface area contributed by atoms with Crippen molar-refractivity contribution < 1.29 is 18.4 Å². The molecule has 0 saturated carbocycles. The normalized spacial score (nSPS) is 14.2. The average molecular weight is 416 g/mol. The first-order valence-electron chi connectivity index (χ1n) is 8.47. The summed E-state index contributed by atoms with van der Waals surface area (Å²) in [7, 11) is -3.61. The Labute approximate surface area is 163 Å². The van der Waals surface area contributed by atoms with Crippen LogP contribution >= 0.6 is 22.7 Å². The van der Waals surface area contributed by atoms with Gasteiger partial charge in [0.15, 0.2) is 9.84 Å². The molecule has 0 bridgehead atoms.